The molecule has 3 aromatic rings. The minimum Gasteiger partial charge on any atom is -0.478 e. The molecule has 1 aromatic carbocycles. The average Bonchev–Trinajstić information content (AvgIpc) is 3.03. The highest BCUT2D eigenvalue weighted by atomic mass is 35.5. The second-order valence-corrected chi connectivity index (χ2v) is 5.54. The number of nitrogens with zero attached hydrogens (tertiary/aromatic N) is 3. The Hall–Kier alpha value is -2.94. The van der Waals surface area contributed by atoms with E-state index in [-0.39, 0.29) is 16.5 Å². The summed E-state index contributed by atoms with van der Waals surface area (Å²) in [7, 11) is 0. The summed E-state index contributed by atoms with van der Waals surface area (Å²) in [6, 6.07) is 7.88. The highest BCUT2D eigenvalue weighted by molar-refractivity contribution is 6.31. The minimum atomic E-state index is -4.96. The van der Waals surface area contributed by atoms with Gasteiger partial charge in [-0.15, -0.1) is 0 Å². The third kappa shape index (κ3) is 3.25. The first-order valence-corrected chi connectivity index (χ1v) is 7.37. The predicted octanol–water partition coefficient (Wildman–Crippen LogP) is 4.44. The number of hydrogen-bond donors (Lipinski definition) is 1. The molecule has 3 rings (SSSR count). The van der Waals surface area contributed by atoms with E-state index in [0.29, 0.717) is 16.4 Å². The summed E-state index contributed by atoms with van der Waals surface area (Å²) < 4.78 is 53.6. The molecule has 0 aliphatic heterocycles. The Morgan fingerprint density at radius 3 is 2.54 bits per heavy atom. The second-order valence-electron chi connectivity index (χ2n) is 5.13. The highest BCUT2D eigenvalue weighted by Gasteiger charge is 2.41. The van der Waals surface area contributed by atoms with Crippen molar-refractivity contribution >= 4 is 17.6 Å². The number of carboxylic acids is 1. The first kappa shape index (κ1) is 17.9. The van der Waals surface area contributed by atoms with Crippen LogP contribution in [0.15, 0.2) is 42.6 Å². The van der Waals surface area contributed by atoms with Crippen molar-refractivity contribution in [2.45, 2.75) is 6.18 Å². The molecule has 0 radical (unpaired) electrons. The zero-order chi connectivity index (χ0) is 19.1. The van der Waals surface area contributed by atoms with Crippen molar-refractivity contribution in [1.82, 2.24) is 14.8 Å². The molecule has 0 spiro atoms. The first-order valence-electron chi connectivity index (χ1n) is 7.00. The van der Waals surface area contributed by atoms with Crippen molar-refractivity contribution in [2.75, 3.05) is 0 Å². The molecule has 0 bridgehead atoms. The van der Waals surface area contributed by atoms with Crippen LogP contribution in [0.4, 0.5) is 17.6 Å². The summed E-state index contributed by atoms with van der Waals surface area (Å²) in [5.41, 5.74) is -1.86. The molecule has 26 heavy (non-hydrogen) atoms. The summed E-state index contributed by atoms with van der Waals surface area (Å²) in [5, 5.41) is 12.3. The Morgan fingerprint density at radius 1 is 1.19 bits per heavy atom. The van der Waals surface area contributed by atoms with E-state index < -0.39 is 29.2 Å². The molecule has 2 heterocycles. The van der Waals surface area contributed by atoms with Gasteiger partial charge in [0.15, 0.2) is 11.5 Å². The Morgan fingerprint density at radius 2 is 1.92 bits per heavy atom. The van der Waals surface area contributed by atoms with E-state index in [0.717, 1.165) is 6.07 Å². The van der Waals surface area contributed by atoms with Gasteiger partial charge in [0, 0.05) is 5.56 Å². The fourth-order valence-corrected chi connectivity index (χ4v) is 2.49. The monoisotopic (exact) mass is 385 g/mol. The number of carboxylic acid groups (broad SMARTS) is 1. The van der Waals surface area contributed by atoms with Crippen molar-refractivity contribution < 1.29 is 27.5 Å². The fraction of sp³-hybridized carbons (Fsp3) is 0.0625. The maximum atomic E-state index is 13.3. The molecule has 0 amide bonds. The lowest BCUT2D eigenvalue weighted by Gasteiger charge is -2.12. The van der Waals surface area contributed by atoms with Crippen LogP contribution in [0.5, 0.6) is 0 Å². The van der Waals surface area contributed by atoms with E-state index in [9.17, 15) is 22.4 Å². The maximum Gasteiger partial charge on any atom is 0.434 e. The maximum absolute atomic E-state index is 13.3. The lowest BCUT2D eigenvalue weighted by molar-refractivity contribution is -0.143. The normalized spacial score (nSPS) is 11.6. The number of halogens is 5. The third-order valence-corrected chi connectivity index (χ3v) is 3.72. The van der Waals surface area contributed by atoms with Crippen LogP contribution in [0.25, 0.3) is 17.1 Å². The summed E-state index contributed by atoms with van der Waals surface area (Å²) in [5.74, 6) is -2.66. The Kier molecular flexibility index (Phi) is 4.41. The van der Waals surface area contributed by atoms with E-state index in [4.69, 9.17) is 16.7 Å². The van der Waals surface area contributed by atoms with Gasteiger partial charge in [-0.2, -0.15) is 18.3 Å². The van der Waals surface area contributed by atoms with Crippen LogP contribution in [0, 0.1) is 5.82 Å². The van der Waals surface area contributed by atoms with Gasteiger partial charge in [-0.1, -0.05) is 17.7 Å². The van der Waals surface area contributed by atoms with Crippen molar-refractivity contribution in [2.24, 2.45) is 0 Å². The number of carbonyl (C=O) groups is 1. The van der Waals surface area contributed by atoms with Crippen molar-refractivity contribution in [3.8, 4) is 17.1 Å². The molecule has 0 aliphatic rings. The molecular weight excluding hydrogens is 378 g/mol. The molecule has 5 nitrogen and oxygen atoms in total. The van der Waals surface area contributed by atoms with Crippen LogP contribution >= 0.6 is 11.6 Å². The largest absolute Gasteiger partial charge is 0.478 e. The smallest absolute Gasteiger partial charge is 0.434 e. The lowest BCUT2D eigenvalue weighted by Crippen LogP contribution is -2.18. The van der Waals surface area contributed by atoms with E-state index in [1.165, 1.54) is 30.3 Å². The van der Waals surface area contributed by atoms with Crippen molar-refractivity contribution in [3.63, 3.8) is 0 Å². The molecule has 0 unspecified atom stereocenters. The summed E-state index contributed by atoms with van der Waals surface area (Å²) in [6.45, 7) is 0. The van der Waals surface area contributed by atoms with Crippen LogP contribution in [-0.4, -0.2) is 25.8 Å². The topological polar surface area (TPSA) is 68.0 Å². The molecule has 10 heteroatoms. The Labute approximate surface area is 148 Å². The van der Waals surface area contributed by atoms with Gasteiger partial charge in [-0.3, -0.25) is 0 Å². The number of pyridine rings is 1. The van der Waals surface area contributed by atoms with Crippen LogP contribution in [-0.2, 0) is 6.18 Å². The van der Waals surface area contributed by atoms with Crippen LogP contribution < -0.4 is 0 Å². The van der Waals surface area contributed by atoms with Gasteiger partial charge in [0.05, 0.1) is 16.9 Å². The molecule has 0 saturated carbocycles. The standard InChI is InChI=1S/C16H8ClF4N3O2/c17-10-6-8(4-5-11(10)18)12-2-1-3-13(23-12)24-14(16(19,20)21)9(7-22-24)15(25)26/h1-7H,(H,25,26). The van der Waals surface area contributed by atoms with E-state index in [2.05, 4.69) is 10.1 Å². The number of aromatic nitrogens is 3. The molecule has 134 valence electrons. The van der Waals surface area contributed by atoms with E-state index >= 15 is 0 Å². The van der Waals surface area contributed by atoms with E-state index in [1.54, 1.807) is 0 Å². The number of hydrogen-bond acceptors (Lipinski definition) is 3. The molecule has 0 atom stereocenters. The number of benzene rings is 1. The number of alkyl halides is 3. The molecular formula is C16H8ClF4N3O2. The fourth-order valence-electron chi connectivity index (χ4n) is 2.31. The molecule has 0 saturated heterocycles. The van der Waals surface area contributed by atoms with Crippen LogP contribution in [0.3, 0.4) is 0 Å². The van der Waals surface area contributed by atoms with Gasteiger partial charge in [-0.05, 0) is 30.3 Å². The van der Waals surface area contributed by atoms with Gasteiger partial charge < -0.3 is 5.11 Å². The van der Waals surface area contributed by atoms with Gasteiger partial charge in [0.25, 0.3) is 0 Å². The third-order valence-electron chi connectivity index (χ3n) is 3.43. The van der Waals surface area contributed by atoms with Crippen LogP contribution in [0.1, 0.15) is 16.1 Å². The van der Waals surface area contributed by atoms with Crippen molar-refractivity contribution in [3.05, 3.63) is 64.7 Å². The molecule has 0 aliphatic carbocycles. The predicted molar refractivity (Wildman–Crippen MR) is 83.7 cm³/mol. The van der Waals surface area contributed by atoms with E-state index in [1.807, 2.05) is 0 Å². The van der Waals surface area contributed by atoms with Gasteiger partial charge in [0.1, 0.15) is 11.4 Å². The lowest BCUT2D eigenvalue weighted by atomic mass is 10.1. The Bertz CT molecular complexity index is 1000. The second kappa shape index (κ2) is 6.41. The average molecular weight is 386 g/mol. The SMILES string of the molecule is O=C(O)c1cnn(-c2cccc(-c3ccc(F)c(Cl)c3)n2)c1C(F)(F)F. The number of aromatic carboxylic acids is 1. The summed E-state index contributed by atoms with van der Waals surface area (Å²) in [4.78, 5) is 15.1. The minimum absolute atomic E-state index is 0.169. The molecule has 0 fully saturated rings. The van der Waals surface area contributed by atoms with Crippen molar-refractivity contribution in [1.29, 1.82) is 0 Å². The number of rotatable bonds is 3. The molecule has 1 N–H and O–H groups in total. The highest BCUT2D eigenvalue weighted by Crippen LogP contribution is 2.33. The Balaban J connectivity index is 2.15. The van der Waals surface area contributed by atoms with Gasteiger partial charge in [0.2, 0.25) is 0 Å². The van der Waals surface area contributed by atoms with Crippen LogP contribution in [0.2, 0.25) is 5.02 Å². The molecule has 2 aromatic heterocycles. The summed E-state index contributed by atoms with van der Waals surface area (Å²) in [6.07, 6.45) is -4.35. The van der Waals surface area contributed by atoms with Gasteiger partial charge >= 0.3 is 12.1 Å². The first-order chi connectivity index (χ1) is 12.2. The zero-order valence-electron chi connectivity index (χ0n) is 12.6. The van der Waals surface area contributed by atoms with Gasteiger partial charge in [-0.25, -0.2) is 18.9 Å². The summed E-state index contributed by atoms with van der Waals surface area (Å²) >= 11 is 5.71. The quantitative estimate of drug-likeness (QED) is 0.677. The zero-order valence-corrected chi connectivity index (χ0v) is 13.4.